The topological polar surface area (TPSA) is 12.0 Å². The van der Waals surface area contributed by atoms with Crippen LogP contribution in [0.2, 0.25) is 0 Å². The van der Waals surface area contributed by atoms with Gasteiger partial charge in [-0.25, -0.2) is 8.78 Å². The molecule has 0 saturated heterocycles. The summed E-state index contributed by atoms with van der Waals surface area (Å²) in [5.41, 5.74) is 0.759. The summed E-state index contributed by atoms with van der Waals surface area (Å²) >= 11 is 3.11. The minimum atomic E-state index is -0.824. The minimum absolute atomic E-state index is 0.0319. The van der Waals surface area contributed by atoms with Crippen molar-refractivity contribution in [2.24, 2.45) is 5.92 Å². The highest BCUT2D eigenvalue weighted by atomic mass is 79.9. The largest absolute Gasteiger partial charge is 0.313 e. The van der Waals surface area contributed by atoms with Gasteiger partial charge in [0.1, 0.15) is 0 Å². The van der Waals surface area contributed by atoms with E-state index >= 15 is 0 Å². The molecule has 0 spiro atoms. The summed E-state index contributed by atoms with van der Waals surface area (Å²) in [6, 6.07) is 2.82. The molecule has 0 radical (unpaired) electrons. The zero-order chi connectivity index (χ0) is 12.3. The van der Waals surface area contributed by atoms with Crippen molar-refractivity contribution in [2.45, 2.75) is 26.3 Å². The Balaban J connectivity index is 3.06. The molecular formula is C12H16BrF2N. The molecule has 0 bridgehead atoms. The lowest BCUT2D eigenvalue weighted by Crippen LogP contribution is -2.19. The highest BCUT2D eigenvalue weighted by Crippen LogP contribution is 2.30. The van der Waals surface area contributed by atoms with Crippen molar-refractivity contribution in [3.8, 4) is 0 Å². The molecule has 0 fully saturated rings. The third-order valence-electron chi connectivity index (χ3n) is 2.50. The Labute approximate surface area is 103 Å². The summed E-state index contributed by atoms with van der Waals surface area (Å²) in [4.78, 5) is 0. The molecule has 1 rings (SSSR count). The molecule has 0 aliphatic carbocycles. The normalized spacial score (nSPS) is 13.2. The second-order valence-corrected chi connectivity index (χ2v) is 5.03. The molecule has 16 heavy (non-hydrogen) atoms. The number of hydrogen-bond acceptors (Lipinski definition) is 1. The number of halogens is 3. The van der Waals surface area contributed by atoms with E-state index in [1.54, 1.807) is 6.07 Å². The van der Waals surface area contributed by atoms with Gasteiger partial charge >= 0.3 is 0 Å². The van der Waals surface area contributed by atoms with Gasteiger partial charge in [0.2, 0.25) is 0 Å². The molecule has 1 aromatic rings. The lowest BCUT2D eigenvalue weighted by molar-refractivity contribution is 0.447. The Morgan fingerprint density at radius 3 is 2.44 bits per heavy atom. The summed E-state index contributed by atoms with van der Waals surface area (Å²) in [5, 5.41) is 3.12. The van der Waals surface area contributed by atoms with Crippen LogP contribution in [-0.4, -0.2) is 7.05 Å². The Hall–Kier alpha value is -0.480. The summed E-state index contributed by atoms with van der Waals surface area (Å²) < 4.78 is 26.6. The standard InChI is InChI=1S/C12H16BrF2N/c1-7(2)6-10(16-3)8-4-5-9(14)12(15)11(8)13/h4-5,7,10,16H,6H2,1-3H3. The van der Waals surface area contributed by atoms with E-state index in [2.05, 4.69) is 35.1 Å². The Kier molecular flexibility index (Phi) is 4.87. The molecule has 0 heterocycles. The number of hydrogen-bond donors (Lipinski definition) is 1. The Morgan fingerprint density at radius 2 is 1.94 bits per heavy atom. The molecule has 0 aromatic heterocycles. The van der Waals surface area contributed by atoms with Crippen molar-refractivity contribution in [3.05, 3.63) is 33.8 Å². The SMILES string of the molecule is CNC(CC(C)C)c1ccc(F)c(F)c1Br. The van der Waals surface area contributed by atoms with Gasteiger partial charge in [-0.1, -0.05) is 19.9 Å². The lowest BCUT2D eigenvalue weighted by atomic mass is 9.97. The molecule has 90 valence electrons. The van der Waals surface area contributed by atoms with Crippen molar-refractivity contribution < 1.29 is 8.78 Å². The fourth-order valence-electron chi connectivity index (χ4n) is 1.68. The predicted octanol–water partition coefficient (Wildman–Crippen LogP) is 4.03. The maximum absolute atomic E-state index is 13.4. The molecule has 0 aliphatic heterocycles. The molecule has 0 saturated carbocycles. The monoisotopic (exact) mass is 291 g/mol. The van der Waals surface area contributed by atoms with Gasteiger partial charge in [-0.3, -0.25) is 0 Å². The van der Waals surface area contributed by atoms with Crippen molar-refractivity contribution >= 4 is 15.9 Å². The molecule has 4 heteroatoms. The van der Waals surface area contributed by atoms with Crippen LogP contribution in [0.3, 0.4) is 0 Å². The maximum Gasteiger partial charge on any atom is 0.173 e. The van der Waals surface area contributed by atoms with Crippen molar-refractivity contribution in [1.82, 2.24) is 5.32 Å². The van der Waals surface area contributed by atoms with E-state index in [0.29, 0.717) is 5.92 Å². The highest BCUT2D eigenvalue weighted by Gasteiger charge is 2.18. The minimum Gasteiger partial charge on any atom is -0.313 e. The number of benzene rings is 1. The molecular weight excluding hydrogens is 276 g/mol. The van der Waals surface area contributed by atoms with Gasteiger partial charge in [-0.15, -0.1) is 0 Å². The molecule has 1 aromatic carbocycles. The zero-order valence-corrected chi connectivity index (χ0v) is 11.2. The first-order valence-electron chi connectivity index (χ1n) is 5.28. The van der Waals surface area contributed by atoms with Crippen LogP contribution in [0.25, 0.3) is 0 Å². The lowest BCUT2D eigenvalue weighted by Gasteiger charge is -2.20. The molecule has 1 N–H and O–H groups in total. The summed E-state index contributed by atoms with van der Waals surface area (Å²) in [7, 11) is 1.82. The molecule has 1 atom stereocenters. The van der Waals surface area contributed by atoms with E-state index in [1.807, 2.05) is 7.05 Å². The number of nitrogens with one attached hydrogen (secondary N) is 1. The average Bonchev–Trinajstić information content (AvgIpc) is 2.23. The van der Waals surface area contributed by atoms with Gasteiger partial charge in [0.15, 0.2) is 11.6 Å². The van der Waals surface area contributed by atoms with Gasteiger partial charge in [0.05, 0.1) is 4.47 Å². The van der Waals surface area contributed by atoms with Crippen molar-refractivity contribution in [2.75, 3.05) is 7.05 Å². The van der Waals surface area contributed by atoms with Crippen LogP contribution < -0.4 is 5.32 Å². The van der Waals surface area contributed by atoms with Gasteiger partial charge in [0, 0.05) is 6.04 Å². The molecule has 1 unspecified atom stereocenters. The Morgan fingerprint density at radius 1 is 1.31 bits per heavy atom. The first-order chi connectivity index (χ1) is 7.47. The smallest absolute Gasteiger partial charge is 0.173 e. The first-order valence-corrected chi connectivity index (χ1v) is 6.07. The van der Waals surface area contributed by atoms with Crippen molar-refractivity contribution in [3.63, 3.8) is 0 Å². The van der Waals surface area contributed by atoms with Crippen LogP contribution in [0.1, 0.15) is 31.9 Å². The zero-order valence-electron chi connectivity index (χ0n) is 9.65. The fourth-order valence-corrected chi connectivity index (χ4v) is 2.28. The van der Waals surface area contributed by atoms with Gasteiger partial charge < -0.3 is 5.32 Å². The number of rotatable bonds is 4. The van der Waals surface area contributed by atoms with E-state index in [1.165, 1.54) is 6.07 Å². The quantitative estimate of drug-likeness (QED) is 0.826. The third kappa shape index (κ3) is 3.01. The van der Waals surface area contributed by atoms with E-state index in [-0.39, 0.29) is 10.5 Å². The van der Waals surface area contributed by atoms with Crippen LogP contribution in [0, 0.1) is 17.6 Å². The molecule has 1 nitrogen and oxygen atoms in total. The van der Waals surface area contributed by atoms with Crippen LogP contribution in [0.4, 0.5) is 8.78 Å². The highest BCUT2D eigenvalue weighted by molar-refractivity contribution is 9.10. The van der Waals surface area contributed by atoms with E-state index in [0.717, 1.165) is 12.0 Å². The molecule has 0 aliphatic rings. The van der Waals surface area contributed by atoms with E-state index < -0.39 is 11.6 Å². The second-order valence-electron chi connectivity index (χ2n) is 4.24. The van der Waals surface area contributed by atoms with Crippen molar-refractivity contribution in [1.29, 1.82) is 0 Å². The third-order valence-corrected chi connectivity index (χ3v) is 3.30. The van der Waals surface area contributed by atoms with Crippen LogP contribution in [0.5, 0.6) is 0 Å². The first kappa shape index (κ1) is 13.6. The maximum atomic E-state index is 13.4. The second kappa shape index (κ2) is 5.73. The van der Waals surface area contributed by atoms with Gasteiger partial charge in [-0.2, -0.15) is 0 Å². The van der Waals surface area contributed by atoms with E-state index in [9.17, 15) is 8.78 Å². The van der Waals surface area contributed by atoms with Crippen LogP contribution in [0.15, 0.2) is 16.6 Å². The summed E-state index contributed by atoms with van der Waals surface area (Å²) in [5.74, 6) is -1.16. The fraction of sp³-hybridized carbons (Fsp3) is 0.500. The summed E-state index contributed by atoms with van der Waals surface area (Å²) in [6.07, 6.45) is 0.875. The van der Waals surface area contributed by atoms with Gasteiger partial charge in [0.25, 0.3) is 0 Å². The van der Waals surface area contributed by atoms with E-state index in [4.69, 9.17) is 0 Å². The van der Waals surface area contributed by atoms with Gasteiger partial charge in [-0.05, 0) is 46.9 Å². The van der Waals surface area contributed by atoms with Crippen LogP contribution >= 0.6 is 15.9 Å². The summed E-state index contributed by atoms with van der Waals surface area (Å²) in [6.45, 7) is 4.19. The average molecular weight is 292 g/mol. The Bertz CT molecular complexity index is 366. The predicted molar refractivity (Wildman–Crippen MR) is 65.3 cm³/mol. The molecule has 0 amide bonds. The van der Waals surface area contributed by atoms with Crippen LogP contribution in [-0.2, 0) is 0 Å².